The molecule has 0 bridgehead atoms. The number of rotatable bonds is 0. The van der Waals surface area contributed by atoms with E-state index in [-0.39, 0.29) is 5.19 Å². The van der Waals surface area contributed by atoms with Gasteiger partial charge in [-0.05, 0) is 0 Å². The first kappa shape index (κ1) is 7.34. The van der Waals surface area contributed by atoms with Gasteiger partial charge in [0.2, 0.25) is 0 Å². The van der Waals surface area contributed by atoms with Crippen LogP contribution in [-0.4, -0.2) is 10.2 Å². The SMILES string of the molecule is Fc1cc(F)c([Si])c(F)c1. The molecule has 0 saturated heterocycles. The fourth-order valence-corrected chi connectivity index (χ4v) is 0.687. The van der Waals surface area contributed by atoms with E-state index in [1.807, 2.05) is 0 Å². The van der Waals surface area contributed by atoms with Crippen molar-refractivity contribution >= 4 is 15.4 Å². The number of hydrogen-bond acceptors (Lipinski definition) is 0. The Morgan fingerprint density at radius 3 is 1.80 bits per heavy atom. The molecule has 1 aromatic rings. The summed E-state index contributed by atoms with van der Waals surface area (Å²) in [5.74, 6) is -2.79. The second-order valence-corrected chi connectivity index (χ2v) is 2.24. The van der Waals surface area contributed by atoms with Gasteiger partial charge in [-0.25, -0.2) is 13.2 Å². The Balaban J connectivity index is 3.31. The van der Waals surface area contributed by atoms with E-state index in [1.165, 1.54) is 0 Å². The lowest BCUT2D eigenvalue weighted by Gasteiger charge is -1.96. The van der Waals surface area contributed by atoms with Crippen molar-refractivity contribution in [1.29, 1.82) is 0 Å². The first-order chi connectivity index (χ1) is 4.61. The minimum Gasteiger partial charge on any atom is -0.207 e. The van der Waals surface area contributed by atoms with Crippen LogP contribution >= 0.6 is 0 Å². The third-order valence-electron chi connectivity index (χ3n) is 1.01. The summed E-state index contributed by atoms with van der Waals surface area (Å²) in [4.78, 5) is 0. The summed E-state index contributed by atoms with van der Waals surface area (Å²) in [6.45, 7) is 0. The Morgan fingerprint density at radius 2 is 1.40 bits per heavy atom. The maximum Gasteiger partial charge on any atom is 0.129 e. The van der Waals surface area contributed by atoms with E-state index in [4.69, 9.17) is 0 Å². The highest BCUT2D eigenvalue weighted by Gasteiger charge is 2.05. The van der Waals surface area contributed by atoms with Gasteiger partial charge >= 0.3 is 0 Å². The monoisotopic (exact) mass is 159 g/mol. The molecule has 10 heavy (non-hydrogen) atoms. The van der Waals surface area contributed by atoms with Crippen molar-refractivity contribution in [1.82, 2.24) is 0 Å². The Labute approximate surface area is 59.1 Å². The van der Waals surface area contributed by atoms with Crippen molar-refractivity contribution in [2.45, 2.75) is 0 Å². The van der Waals surface area contributed by atoms with Gasteiger partial charge in [0.25, 0.3) is 0 Å². The molecule has 0 aliphatic rings. The van der Waals surface area contributed by atoms with Crippen molar-refractivity contribution in [3.05, 3.63) is 29.6 Å². The van der Waals surface area contributed by atoms with Crippen LogP contribution in [0.5, 0.6) is 0 Å². The molecular weight excluding hydrogens is 157 g/mol. The van der Waals surface area contributed by atoms with E-state index < -0.39 is 17.5 Å². The van der Waals surface area contributed by atoms with Crippen molar-refractivity contribution in [3.63, 3.8) is 0 Å². The molecule has 0 aliphatic carbocycles. The quantitative estimate of drug-likeness (QED) is 0.493. The van der Waals surface area contributed by atoms with Crippen LogP contribution in [0, 0.1) is 17.5 Å². The normalized spacial score (nSPS) is 10.0. The van der Waals surface area contributed by atoms with Crippen molar-refractivity contribution in [2.75, 3.05) is 0 Å². The number of benzene rings is 1. The van der Waals surface area contributed by atoms with Gasteiger partial charge in [0.05, 0.1) is 10.2 Å². The Morgan fingerprint density at radius 1 is 1.00 bits per heavy atom. The lowest BCUT2D eigenvalue weighted by atomic mass is 10.3. The second-order valence-electron chi connectivity index (χ2n) is 1.74. The molecule has 0 aromatic heterocycles. The Bertz CT molecular complexity index is 236. The van der Waals surface area contributed by atoms with Gasteiger partial charge in [-0.3, -0.25) is 0 Å². The van der Waals surface area contributed by atoms with Crippen molar-refractivity contribution < 1.29 is 13.2 Å². The van der Waals surface area contributed by atoms with Crippen LogP contribution < -0.4 is 5.19 Å². The zero-order chi connectivity index (χ0) is 7.72. The van der Waals surface area contributed by atoms with E-state index in [0.717, 1.165) is 0 Å². The van der Waals surface area contributed by atoms with Crippen LogP contribution in [0.15, 0.2) is 12.1 Å². The first-order valence-electron chi connectivity index (χ1n) is 2.47. The fourth-order valence-electron chi connectivity index (χ4n) is 0.542. The molecule has 0 unspecified atom stereocenters. The minimum atomic E-state index is -0.936. The smallest absolute Gasteiger partial charge is 0.129 e. The Kier molecular flexibility index (Phi) is 1.80. The minimum absolute atomic E-state index is 0.346. The molecule has 4 heteroatoms. The van der Waals surface area contributed by atoms with Crippen LogP contribution in [-0.2, 0) is 0 Å². The lowest BCUT2D eigenvalue weighted by Crippen LogP contribution is -2.13. The van der Waals surface area contributed by atoms with Gasteiger partial charge in [0, 0.05) is 17.3 Å². The summed E-state index contributed by atoms with van der Waals surface area (Å²) in [7, 11) is 2.65. The summed E-state index contributed by atoms with van der Waals surface area (Å²) in [6, 6.07) is 1.21. The summed E-state index contributed by atoms with van der Waals surface area (Å²) in [5, 5.41) is -0.346. The van der Waals surface area contributed by atoms with Gasteiger partial charge in [0.15, 0.2) is 0 Å². The van der Waals surface area contributed by atoms with Crippen LogP contribution in [0.2, 0.25) is 0 Å². The average molecular weight is 159 g/mol. The molecule has 1 rings (SSSR count). The molecular formula is C6H2F3Si. The highest BCUT2D eigenvalue weighted by atomic mass is 28.1. The van der Waals surface area contributed by atoms with Crippen LogP contribution in [0.25, 0.3) is 0 Å². The summed E-state index contributed by atoms with van der Waals surface area (Å²) < 4.78 is 36.7. The van der Waals surface area contributed by atoms with Gasteiger partial charge in [-0.2, -0.15) is 0 Å². The lowest BCUT2D eigenvalue weighted by molar-refractivity contribution is 0.553. The highest BCUT2D eigenvalue weighted by Crippen LogP contribution is 2.01. The molecule has 0 fully saturated rings. The Hall–Kier alpha value is -0.773. The number of hydrogen-bond donors (Lipinski definition) is 0. The summed E-state index contributed by atoms with van der Waals surface area (Å²) >= 11 is 0. The van der Waals surface area contributed by atoms with Crippen molar-refractivity contribution in [2.24, 2.45) is 0 Å². The second kappa shape index (κ2) is 2.46. The molecule has 0 saturated carbocycles. The van der Waals surface area contributed by atoms with Gasteiger partial charge in [-0.15, -0.1) is 0 Å². The van der Waals surface area contributed by atoms with Crippen LogP contribution in [0.3, 0.4) is 0 Å². The average Bonchev–Trinajstić information content (AvgIpc) is 1.82. The van der Waals surface area contributed by atoms with E-state index in [9.17, 15) is 13.2 Å². The topological polar surface area (TPSA) is 0 Å². The maximum absolute atomic E-state index is 12.3. The predicted molar refractivity (Wildman–Crippen MR) is 31.7 cm³/mol. The first-order valence-corrected chi connectivity index (χ1v) is 2.97. The van der Waals surface area contributed by atoms with E-state index in [2.05, 4.69) is 10.2 Å². The molecule has 1 aromatic carbocycles. The van der Waals surface area contributed by atoms with E-state index in [1.54, 1.807) is 0 Å². The molecule has 0 aliphatic heterocycles. The summed E-state index contributed by atoms with van der Waals surface area (Å²) in [6.07, 6.45) is 0. The van der Waals surface area contributed by atoms with Gasteiger partial charge < -0.3 is 0 Å². The summed E-state index contributed by atoms with van der Waals surface area (Å²) in [5.41, 5.74) is 0. The molecule has 3 radical (unpaired) electrons. The molecule has 0 N–H and O–H groups in total. The largest absolute Gasteiger partial charge is 0.207 e. The molecule has 0 heterocycles. The predicted octanol–water partition coefficient (Wildman–Crippen LogP) is 0.898. The number of halogens is 3. The molecule has 51 valence electrons. The van der Waals surface area contributed by atoms with Crippen molar-refractivity contribution in [3.8, 4) is 0 Å². The maximum atomic E-state index is 12.3. The third-order valence-corrected chi connectivity index (χ3v) is 1.48. The van der Waals surface area contributed by atoms with Gasteiger partial charge in [0.1, 0.15) is 17.5 Å². The fraction of sp³-hybridized carbons (Fsp3) is 0. The van der Waals surface area contributed by atoms with E-state index >= 15 is 0 Å². The van der Waals surface area contributed by atoms with E-state index in [0.29, 0.717) is 12.1 Å². The highest BCUT2D eigenvalue weighted by molar-refractivity contribution is 6.32. The molecule has 0 spiro atoms. The molecule has 0 nitrogen and oxygen atoms in total. The third kappa shape index (κ3) is 1.21. The zero-order valence-corrected chi connectivity index (χ0v) is 5.79. The molecule has 0 atom stereocenters. The molecule has 0 amide bonds. The van der Waals surface area contributed by atoms with Gasteiger partial charge in [-0.1, -0.05) is 0 Å². The zero-order valence-electron chi connectivity index (χ0n) is 4.79. The van der Waals surface area contributed by atoms with Crippen LogP contribution in [0.1, 0.15) is 0 Å². The standard InChI is InChI=1S/C6H2F3Si/c7-3-1-4(8)6(10)5(9)2-3/h1-2H. The van der Waals surface area contributed by atoms with Crippen LogP contribution in [0.4, 0.5) is 13.2 Å².